The minimum atomic E-state index is -0.211. The molecule has 2 aliphatic rings. The molecule has 29 heavy (non-hydrogen) atoms. The normalized spacial score (nSPS) is 18.3. The second-order valence-corrected chi connectivity index (χ2v) is 7.40. The summed E-state index contributed by atoms with van der Waals surface area (Å²) in [6.07, 6.45) is 1.82. The van der Waals surface area contributed by atoms with Crippen LogP contribution in [0.3, 0.4) is 0 Å². The van der Waals surface area contributed by atoms with Crippen molar-refractivity contribution in [2.75, 3.05) is 25.1 Å². The van der Waals surface area contributed by atoms with Crippen LogP contribution in [0.25, 0.3) is 0 Å². The van der Waals surface area contributed by atoms with Gasteiger partial charge in [-0.3, -0.25) is 9.79 Å². The fourth-order valence-electron chi connectivity index (χ4n) is 3.46. The van der Waals surface area contributed by atoms with Gasteiger partial charge in [0.2, 0.25) is 5.91 Å². The monoisotopic (exact) mass is 395 g/mol. The van der Waals surface area contributed by atoms with Crippen molar-refractivity contribution >= 4 is 17.4 Å². The molecule has 1 atom stereocenters. The molecule has 1 saturated heterocycles. The van der Waals surface area contributed by atoms with E-state index in [0.717, 1.165) is 28.2 Å². The predicted molar refractivity (Wildman–Crippen MR) is 110 cm³/mol. The number of pyridine rings is 1. The van der Waals surface area contributed by atoms with E-state index in [0.29, 0.717) is 32.2 Å². The van der Waals surface area contributed by atoms with E-state index in [1.807, 2.05) is 38.1 Å². The highest BCUT2D eigenvalue weighted by molar-refractivity contribution is 6.15. The second kappa shape index (κ2) is 8.71. The van der Waals surface area contributed by atoms with Crippen LogP contribution in [0.2, 0.25) is 0 Å². The van der Waals surface area contributed by atoms with E-state index in [2.05, 4.69) is 16.4 Å². The van der Waals surface area contributed by atoms with E-state index in [9.17, 15) is 4.79 Å². The molecule has 2 aliphatic heterocycles. The van der Waals surface area contributed by atoms with Crippen LogP contribution in [0.4, 0.5) is 5.82 Å². The lowest BCUT2D eigenvalue weighted by atomic mass is 10.0. The molecule has 0 radical (unpaired) electrons. The van der Waals surface area contributed by atoms with Gasteiger partial charge in [0.1, 0.15) is 11.6 Å². The van der Waals surface area contributed by atoms with Gasteiger partial charge in [-0.25, -0.2) is 4.98 Å². The van der Waals surface area contributed by atoms with E-state index in [1.54, 1.807) is 6.20 Å². The highest BCUT2D eigenvalue weighted by atomic mass is 16.6. The highest BCUT2D eigenvalue weighted by Gasteiger charge is 2.21. The largest absolute Gasteiger partial charge is 0.491 e. The molecule has 1 aromatic heterocycles. The van der Waals surface area contributed by atoms with E-state index in [1.165, 1.54) is 0 Å². The van der Waals surface area contributed by atoms with Crippen molar-refractivity contribution in [1.82, 2.24) is 4.98 Å². The highest BCUT2D eigenvalue weighted by Crippen LogP contribution is 2.28. The Labute approximate surface area is 170 Å². The Morgan fingerprint density at radius 3 is 2.97 bits per heavy atom. The number of hydrogen-bond donors (Lipinski definition) is 1. The lowest BCUT2D eigenvalue weighted by Gasteiger charge is -2.22. The molecule has 0 bridgehead atoms. The maximum atomic E-state index is 12.3. The quantitative estimate of drug-likeness (QED) is 0.813. The summed E-state index contributed by atoms with van der Waals surface area (Å²) in [6, 6.07) is 9.81. The van der Waals surface area contributed by atoms with Gasteiger partial charge in [-0.1, -0.05) is 6.07 Å². The van der Waals surface area contributed by atoms with E-state index < -0.39 is 0 Å². The lowest BCUT2D eigenvalue weighted by Crippen LogP contribution is -2.32. The number of ether oxygens (including phenoxy) is 3. The van der Waals surface area contributed by atoms with Gasteiger partial charge in [0.05, 0.1) is 50.7 Å². The van der Waals surface area contributed by atoms with Crippen molar-refractivity contribution in [2.24, 2.45) is 4.99 Å². The summed E-state index contributed by atoms with van der Waals surface area (Å²) in [7, 11) is 0. The standard InChI is InChI=1S/C22H25N3O4/c1-14(2)29-17-4-3-16-12-24-22(19(16)10-17)15-5-6-23-20(9-15)25-21(26)11-18-13-27-7-8-28-18/h3-6,9-10,14,18H,7-8,11-13H2,1-2H3,(H,23,25,26). The first kappa shape index (κ1) is 19.5. The lowest BCUT2D eigenvalue weighted by molar-refractivity contribution is -0.126. The molecule has 152 valence electrons. The number of nitrogens with zero attached hydrogens (tertiary/aromatic N) is 2. The zero-order valence-corrected chi connectivity index (χ0v) is 16.7. The van der Waals surface area contributed by atoms with Crippen LogP contribution in [0.1, 0.15) is 37.0 Å². The first-order valence-electron chi connectivity index (χ1n) is 9.88. The molecule has 7 heteroatoms. The summed E-state index contributed by atoms with van der Waals surface area (Å²) in [6.45, 7) is 6.18. The number of rotatable bonds is 6. The molecule has 2 aromatic rings. The molecule has 1 aromatic carbocycles. The summed E-state index contributed by atoms with van der Waals surface area (Å²) in [5, 5.41) is 2.85. The number of aromatic nitrogens is 1. The molecular weight excluding hydrogens is 370 g/mol. The van der Waals surface area contributed by atoms with Gasteiger partial charge in [-0.05, 0) is 43.7 Å². The topological polar surface area (TPSA) is 82.0 Å². The number of amides is 1. The minimum Gasteiger partial charge on any atom is -0.491 e. The molecule has 7 nitrogen and oxygen atoms in total. The van der Waals surface area contributed by atoms with E-state index in [4.69, 9.17) is 19.2 Å². The van der Waals surface area contributed by atoms with Gasteiger partial charge in [0.15, 0.2) is 0 Å². The smallest absolute Gasteiger partial charge is 0.228 e. The van der Waals surface area contributed by atoms with Gasteiger partial charge >= 0.3 is 0 Å². The zero-order valence-electron chi connectivity index (χ0n) is 16.7. The molecular formula is C22H25N3O4. The van der Waals surface area contributed by atoms with Crippen molar-refractivity contribution in [3.05, 3.63) is 53.2 Å². The van der Waals surface area contributed by atoms with Crippen molar-refractivity contribution in [3.63, 3.8) is 0 Å². The zero-order chi connectivity index (χ0) is 20.2. The molecule has 0 aliphatic carbocycles. The Hall–Kier alpha value is -2.77. The Morgan fingerprint density at radius 1 is 1.28 bits per heavy atom. The molecule has 1 amide bonds. The third-order valence-corrected chi connectivity index (χ3v) is 4.71. The van der Waals surface area contributed by atoms with Crippen LogP contribution in [-0.4, -0.2) is 48.6 Å². The van der Waals surface area contributed by atoms with Gasteiger partial charge in [-0.15, -0.1) is 0 Å². The van der Waals surface area contributed by atoms with Gasteiger partial charge in [-0.2, -0.15) is 0 Å². The third-order valence-electron chi connectivity index (χ3n) is 4.71. The maximum Gasteiger partial charge on any atom is 0.228 e. The van der Waals surface area contributed by atoms with Crippen LogP contribution >= 0.6 is 0 Å². The SMILES string of the molecule is CC(C)Oc1ccc2c(c1)C(c1ccnc(NC(=O)CC3COCCO3)c1)=NC2. The number of nitrogens with one attached hydrogen (secondary N) is 1. The number of aliphatic imine (C=N–C) groups is 1. The second-order valence-electron chi connectivity index (χ2n) is 7.40. The van der Waals surface area contributed by atoms with Gasteiger partial charge in [0, 0.05) is 17.3 Å². The summed E-state index contributed by atoms with van der Waals surface area (Å²) in [5.41, 5.74) is 4.01. The summed E-state index contributed by atoms with van der Waals surface area (Å²) in [4.78, 5) is 21.3. The van der Waals surface area contributed by atoms with Crippen LogP contribution in [0, 0.1) is 0 Å². The van der Waals surface area contributed by atoms with Crippen LogP contribution in [-0.2, 0) is 20.8 Å². The molecule has 1 N–H and O–H groups in total. The van der Waals surface area contributed by atoms with E-state index >= 15 is 0 Å². The van der Waals surface area contributed by atoms with Crippen LogP contribution in [0.5, 0.6) is 5.75 Å². The Kier molecular flexibility index (Phi) is 5.87. The first-order chi connectivity index (χ1) is 14.1. The van der Waals surface area contributed by atoms with Crippen molar-refractivity contribution < 1.29 is 19.0 Å². The van der Waals surface area contributed by atoms with Crippen LogP contribution in [0.15, 0.2) is 41.5 Å². The molecule has 4 rings (SSSR count). The van der Waals surface area contributed by atoms with Crippen LogP contribution < -0.4 is 10.1 Å². The molecule has 0 saturated carbocycles. The average molecular weight is 395 g/mol. The number of anilines is 1. The number of carbonyl (C=O) groups is 1. The van der Waals surface area contributed by atoms with Gasteiger partial charge < -0.3 is 19.5 Å². The van der Waals surface area contributed by atoms with Crippen molar-refractivity contribution in [2.45, 2.75) is 39.0 Å². The summed E-state index contributed by atoms with van der Waals surface area (Å²) >= 11 is 0. The predicted octanol–water partition coefficient (Wildman–Crippen LogP) is 2.96. The maximum absolute atomic E-state index is 12.3. The molecule has 0 spiro atoms. The minimum absolute atomic E-state index is 0.108. The third kappa shape index (κ3) is 4.81. The Bertz CT molecular complexity index is 920. The summed E-state index contributed by atoms with van der Waals surface area (Å²) < 4.78 is 16.7. The van der Waals surface area contributed by atoms with Crippen molar-refractivity contribution in [1.29, 1.82) is 0 Å². The van der Waals surface area contributed by atoms with Crippen molar-refractivity contribution in [3.8, 4) is 5.75 Å². The molecule has 1 unspecified atom stereocenters. The molecule has 1 fully saturated rings. The Balaban J connectivity index is 1.48. The Morgan fingerprint density at radius 2 is 2.17 bits per heavy atom. The number of carbonyl (C=O) groups excluding carboxylic acids is 1. The fourth-order valence-corrected chi connectivity index (χ4v) is 3.46. The summed E-state index contributed by atoms with van der Waals surface area (Å²) in [5.74, 6) is 1.17. The first-order valence-corrected chi connectivity index (χ1v) is 9.88. The number of fused-ring (bicyclic) bond motifs is 1. The van der Waals surface area contributed by atoms with Gasteiger partial charge in [0.25, 0.3) is 0 Å². The number of hydrogen-bond acceptors (Lipinski definition) is 6. The molecule has 3 heterocycles. The fraction of sp³-hybridized carbons (Fsp3) is 0.409. The van der Waals surface area contributed by atoms with E-state index in [-0.39, 0.29) is 24.5 Å². The average Bonchev–Trinajstić information content (AvgIpc) is 3.11. The number of benzene rings is 1.